The second-order valence-corrected chi connectivity index (χ2v) is 4.21. The first-order valence-electron chi connectivity index (χ1n) is 6.44. The number of nitrogens with zero attached hydrogens (tertiary/aromatic N) is 2. The fourth-order valence-corrected chi connectivity index (χ4v) is 1.73. The van der Waals surface area contributed by atoms with Crippen LogP contribution in [0.3, 0.4) is 0 Å². The quantitative estimate of drug-likeness (QED) is 0.547. The molecule has 0 aromatic heterocycles. The molecule has 1 aromatic carbocycles. The molecule has 0 bridgehead atoms. The molecule has 0 spiro atoms. The van der Waals surface area contributed by atoms with Crippen LogP contribution in [0.4, 0.5) is 5.69 Å². The zero-order valence-corrected chi connectivity index (χ0v) is 11.7. The van der Waals surface area contributed by atoms with Gasteiger partial charge in [0.2, 0.25) is 0 Å². The third-order valence-electron chi connectivity index (χ3n) is 2.75. The number of hydrogen-bond acceptors (Lipinski definition) is 2. The summed E-state index contributed by atoms with van der Waals surface area (Å²) >= 11 is 0. The summed E-state index contributed by atoms with van der Waals surface area (Å²) in [4.78, 5) is 8.61. The summed E-state index contributed by atoms with van der Waals surface area (Å²) < 4.78 is 5.33. The van der Waals surface area contributed by atoms with Crippen molar-refractivity contribution in [3.05, 3.63) is 23.8 Å². The zero-order valence-electron chi connectivity index (χ0n) is 11.7. The second kappa shape index (κ2) is 7.64. The average Bonchev–Trinajstić information content (AvgIpc) is 2.38. The topological polar surface area (TPSA) is 34.0 Å². The van der Waals surface area contributed by atoms with E-state index in [0.717, 1.165) is 36.4 Å². The van der Waals surface area contributed by atoms with E-state index in [2.05, 4.69) is 23.8 Å². The van der Waals surface area contributed by atoms with Crippen molar-refractivity contribution < 1.29 is 4.74 Å². The molecule has 3 nitrogen and oxygen atoms in total. The van der Waals surface area contributed by atoms with E-state index in [1.807, 2.05) is 25.1 Å². The van der Waals surface area contributed by atoms with Gasteiger partial charge in [-0.1, -0.05) is 26.3 Å². The Morgan fingerprint density at radius 1 is 1.33 bits per heavy atom. The molecule has 18 heavy (non-hydrogen) atoms. The summed E-state index contributed by atoms with van der Waals surface area (Å²) in [5.41, 5.74) is 3.18. The maximum atomic E-state index is 5.33. The Morgan fingerprint density at radius 3 is 2.72 bits per heavy atom. The van der Waals surface area contributed by atoms with Gasteiger partial charge in [-0.3, -0.25) is 0 Å². The zero-order chi connectivity index (χ0) is 13.4. The Hall–Kier alpha value is -1.64. The van der Waals surface area contributed by atoms with Gasteiger partial charge in [-0.05, 0) is 31.4 Å². The van der Waals surface area contributed by atoms with Crippen LogP contribution in [0.15, 0.2) is 28.2 Å². The predicted molar refractivity (Wildman–Crippen MR) is 78.5 cm³/mol. The summed E-state index contributed by atoms with van der Waals surface area (Å²) in [7, 11) is 1.69. The number of hydrogen-bond donors (Lipinski definition) is 0. The van der Waals surface area contributed by atoms with E-state index in [9.17, 15) is 0 Å². The minimum atomic E-state index is 0.872. The third kappa shape index (κ3) is 4.32. The summed E-state index contributed by atoms with van der Waals surface area (Å²) in [5.74, 6) is 0.890. The van der Waals surface area contributed by atoms with E-state index in [0.29, 0.717) is 0 Å². The van der Waals surface area contributed by atoms with Crippen molar-refractivity contribution in [3.8, 4) is 5.75 Å². The lowest BCUT2D eigenvalue weighted by Crippen LogP contribution is -1.90. The molecule has 0 aliphatic carbocycles. The van der Waals surface area contributed by atoms with E-state index in [4.69, 9.17) is 4.74 Å². The lowest BCUT2D eigenvalue weighted by atomic mass is 10.1. The minimum Gasteiger partial charge on any atom is -0.496 e. The van der Waals surface area contributed by atoms with Crippen LogP contribution in [-0.2, 0) is 6.42 Å². The molecule has 98 valence electrons. The molecule has 0 amide bonds. The van der Waals surface area contributed by atoms with Crippen LogP contribution in [0.25, 0.3) is 0 Å². The molecule has 0 atom stereocenters. The number of methoxy groups -OCH3 is 1. The molecule has 1 aromatic rings. The molecule has 0 radical (unpaired) electrons. The van der Waals surface area contributed by atoms with Crippen molar-refractivity contribution >= 4 is 17.7 Å². The van der Waals surface area contributed by atoms with Gasteiger partial charge in [-0.25, -0.2) is 9.98 Å². The van der Waals surface area contributed by atoms with Gasteiger partial charge in [0.15, 0.2) is 0 Å². The first-order valence-corrected chi connectivity index (χ1v) is 6.44. The number of ether oxygens (including phenoxy) is 1. The Morgan fingerprint density at radius 2 is 2.11 bits per heavy atom. The maximum Gasteiger partial charge on any atom is 0.124 e. The number of aryl methyl sites for hydroxylation is 1. The molecule has 0 N–H and O–H groups in total. The Bertz CT molecular complexity index is 436. The highest BCUT2D eigenvalue weighted by Gasteiger charge is 2.01. The summed E-state index contributed by atoms with van der Waals surface area (Å²) in [5, 5.41) is 0. The van der Waals surface area contributed by atoms with Crippen LogP contribution in [0, 0.1) is 0 Å². The van der Waals surface area contributed by atoms with E-state index < -0.39 is 0 Å². The van der Waals surface area contributed by atoms with Crippen LogP contribution < -0.4 is 4.74 Å². The van der Waals surface area contributed by atoms with Gasteiger partial charge in [-0.15, -0.1) is 0 Å². The summed E-state index contributed by atoms with van der Waals surface area (Å²) in [6, 6.07) is 5.98. The van der Waals surface area contributed by atoms with Crippen LogP contribution >= 0.6 is 0 Å². The molecule has 0 aliphatic heterocycles. The van der Waals surface area contributed by atoms with Gasteiger partial charge in [-0.2, -0.15) is 0 Å². The molecule has 0 saturated heterocycles. The van der Waals surface area contributed by atoms with Gasteiger partial charge in [0.05, 0.1) is 12.8 Å². The molecular formula is C15H22N2O. The molecule has 0 fully saturated rings. The monoisotopic (exact) mass is 246 g/mol. The SMILES string of the molecule is CCCC(C)=NC=Nc1ccc(CC)c(OC)c1. The van der Waals surface area contributed by atoms with Crippen molar-refractivity contribution in [1.82, 2.24) is 0 Å². The largest absolute Gasteiger partial charge is 0.496 e. The van der Waals surface area contributed by atoms with Crippen molar-refractivity contribution in [3.63, 3.8) is 0 Å². The van der Waals surface area contributed by atoms with Crippen molar-refractivity contribution in [2.24, 2.45) is 9.98 Å². The van der Waals surface area contributed by atoms with Gasteiger partial charge in [0.25, 0.3) is 0 Å². The Balaban J connectivity index is 2.79. The van der Waals surface area contributed by atoms with E-state index >= 15 is 0 Å². The van der Waals surface area contributed by atoms with E-state index in [-0.39, 0.29) is 0 Å². The third-order valence-corrected chi connectivity index (χ3v) is 2.75. The molecule has 0 heterocycles. The molecule has 3 heteroatoms. The summed E-state index contributed by atoms with van der Waals surface area (Å²) in [6.45, 7) is 6.28. The van der Waals surface area contributed by atoms with Crippen LogP contribution in [-0.4, -0.2) is 19.2 Å². The highest BCUT2D eigenvalue weighted by molar-refractivity contribution is 5.89. The number of rotatable bonds is 6. The van der Waals surface area contributed by atoms with Gasteiger partial charge < -0.3 is 4.74 Å². The van der Waals surface area contributed by atoms with Gasteiger partial charge in [0, 0.05) is 11.8 Å². The van der Waals surface area contributed by atoms with E-state index in [1.54, 1.807) is 13.4 Å². The Kier molecular flexibility index (Phi) is 6.12. The van der Waals surface area contributed by atoms with Gasteiger partial charge >= 0.3 is 0 Å². The van der Waals surface area contributed by atoms with Crippen LogP contribution in [0.1, 0.15) is 39.2 Å². The van der Waals surface area contributed by atoms with Crippen molar-refractivity contribution in [1.29, 1.82) is 0 Å². The van der Waals surface area contributed by atoms with Crippen molar-refractivity contribution in [2.75, 3.05) is 7.11 Å². The number of benzene rings is 1. The fraction of sp³-hybridized carbons (Fsp3) is 0.467. The standard InChI is InChI=1S/C15H22N2O/c1-5-7-12(3)16-11-17-14-9-8-13(6-2)15(10-14)18-4/h8-11H,5-7H2,1-4H3. The first-order chi connectivity index (χ1) is 8.71. The second-order valence-electron chi connectivity index (χ2n) is 4.21. The number of aliphatic imine (C=N–C) groups is 2. The van der Waals surface area contributed by atoms with Crippen LogP contribution in [0.2, 0.25) is 0 Å². The van der Waals surface area contributed by atoms with Gasteiger partial charge in [0.1, 0.15) is 12.1 Å². The molecule has 0 aliphatic rings. The summed E-state index contributed by atoms with van der Waals surface area (Å²) in [6.07, 6.45) is 4.71. The Labute approximate surface area is 110 Å². The normalized spacial score (nSPS) is 12.1. The fourth-order valence-electron chi connectivity index (χ4n) is 1.73. The molecular weight excluding hydrogens is 224 g/mol. The van der Waals surface area contributed by atoms with Crippen molar-refractivity contribution in [2.45, 2.75) is 40.0 Å². The smallest absolute Gasteiger partial charge is 0.124 e. The highest BCUT2D eigenvalue weighted by Crippen LogP contribution is 2.25. The lowest BCUT2D eigenvalue weighted by Gasteiger charge is -2.06. The molecule has 1 rings (SSSR count). The average molecular weight is 246 g/mol. The van der Waals surface area contributed by atoms with E-state index in [1.165, 1.54) is 5.56 Å². The predicted octanol–water partition coefficient (Wildman–Crippen LogP) is 4.18. The highest BCUT2D eigenvalue weighted by atomic mass is 16.5. The minimum absolute atomic E-state index is 0.872. The first kappa shape index (κ1) is 14.4. The molecule has 0 unspecified atom stereocenters. The lowest BCUT2D eigenvalue weighted by molar-refractivity contribution is 0.410. The maximum absolute atomic E-state index is 5.33. The van der Waals surface area contributed by atoms with Crippen LogP contribution in [0.5, 0.6) is 5.75 Å². The molecule has 0 saturated carbocycles.